The van der Waals surface area contributed by atoms with E-state index in [2.05, 4.69) is 21.2 Å². The molecule has 0 fully saturated rings. The molecule has 0 bridgehead atoms. The van der Waals surface area contributed by atoms with E-state index in [0.29, 0.717) is 16.3 Å². The average Bonchev–Trinajstić information content (AvgIpc) is 2.56. The molecule has 0 aromatic heterocycles. The highest BCUT2D eigenvalue weighted by molar-refractivity contribution is 9.10. The Morgan fingerprint density at radius 2 is 1.88 bits per heavy atom. The average molecular weight is 413 g/mol. The van der Waals surface area contributed by atoms with E-state index in [4.69, 9.17) is 21.1 Å². The van der Waals surface area contributed by atoms with Gasteiger partial charge in [0.05, 0.1) is 0 Å². The van der Waals surface area contributed by atoms with E-state index in [1.807, 2.05) is 6.07 Å². The summed E-state index contributed by atoms with van der Waals surface area (Å²) in [7, 11) is 0. The van der Waals surface area contributed by atoms with Crippen LogP contribution in [0.5, 0.6) is 5.75 Å². The Morgan fingerprint density at radius 1 is 1.08 bits per heavy atom. The topological polar surface area (TPSA) is 64.6 Å². The van der Waals surface area contributed by atoms with Gasteiger partial charge in [-0.1, -0.05) is 39.7 Å². The summed E-state index contributed by atoms with van der Waals surface area (Å²) < 4.78 is 11.2. The van der Waals surface area contributed by atoms with Crippen molar-refractivity contribution in [3.8, 4) is 5.75 Å². The molecule has 0 spiro atoms. The van der Waals surface area contributed by atoms with Gasteiger partial charge in [0.1, 0.15) is 25.5 Å². The number of hydrogen-bond acceptors (Lipinski definition) is 4. The van der Waals surface area contributed by atoms with Crippen molar-refractivity contribution in [1.29, 1.82) is 0 Å². The largest absolute Gasteiger partial charge is 0.490 e. The lowest BCUT2D eigenvalue weighted by atomic mass is 10.2. The summed E-state index contributed by atoms with van der Waals surface area (Å²) in [6, 6.07) is 13.8. The van der Waals surface area contributed by atoms with Gasteiger partial charge < -0.3 is 14.8 Å². The predicted octanol–water partition coefficient (Wildman–Crippen LogP) is 3.45. The second kappa shape index (κ2) is 9.30. The number of benzene rings is 2. The first-order valence-corrected chi connectivity index (χ1v) is 8.29. The number of amides is 1. The van der Waals surface area contributed by atoms with Gasteiger partial charge in [0.25, 0.3) is 5.91 Å². The summed E-state index contributed by atoms with van der Waals surface area (Å²) in [5, 5.41) is 3.07. The molecular formula is C17H15BrClNO4. The summed E-state index contributed by atoms with van der Waals surface area (Å²) in [5.41, 5.74) is 0.460. The molecule has 7 heteroatoms. The van der Waals surface area contributed by atoms with E-state index < -0.39 is 5.97 Å². The van der Waals surface area contributed by atoms with Crippen LogP contribution in [0.3, 0.4) is 0 Å². The molecule has 0 saturated heterocycles. The molecule has 0 heterocycles. The van der Waals surface area contributed by atoms with Crippen molar-refractivity contribution in [1.82, 2.24) is 5.32 Å². The van der Waals surface area contributed by atoms with E-state index in [-0.39, 0.29) is 25.7 Å². The molecule has 0 unspecified atom stereocenters. The van der Waals surface area contributed by atoms with Crippen molar-refractivity contribution in [3.05, 3.63) is 63.6 Å². The first-order valence-electron chi connectivity index (χ1n) is 7.12. The molecule has 2 aromatic carbocycles. The molecule has 0 radical (unpaired) electrons. The quantitative estimate of drug-likeness (QED) is 0.559. The third-order valence-corrected chi connectivity index (χ3v) is 3.62. The Morgan fingerprint density at radius 3 is 2.62 bits per heavy atom. The Balaban J connectivity index is 1.65. The lowest BCUT2D eigenvalue weighted by Gasteiger charge is -2.08. The lowest BCUT2D eigenvalue weighted by Crippen LogP contribution is -2.31. The van der Waals surface area contributed by atoms with Crippen LogP contribution in [0.2, 0.25) is 5.02 Å². The maximum atomic E-state index is 11.9. The van der Waals surface area contributed by atoms with E-state index in [9.17, 15) is 9.59 Å². The first kappa shape index (κ1) is 18.3. The van der Waals surface area contributed by atoms with Crippen LogP contribution in [0.4, 0.5) is 0 Å². The van der Waals surface area contributed by atoms with Gasteiger partial charge in [-0.2, -0.15) is 0 Å². The van der Waals surface area contributed by atoms with Crippen LogP contribution < -0.4 is 10.1 Å². The molecule has 2 aromatic rings. The number of halogens is 2. The minimum absolute atomic E-state index is 0.0815. The maximum absolute atomic E-state index is 11.9. The van der Waals surface area contributed by atoms with Gasteiger partial charge in [0, 0.05) is 15.1 Å². The van der Waals surface area contributed by atoms with Crippen molar-refractivity contribution in [2.75, 3.05) is 19.8 Å². The Labute approximate surface area is 153 Å². The second-order valence-electron chi connectivity index (χ2n) is 4.72. The fourth-order valence-electron chi connectivity index (χ4n) is 1.81. The molecule has 0 saturated carbocycles. The highest BCUT2D eigenvalue weighted by atomic mass is 79.9. The number of ether oxygens (including phenoxy) is 2. The second-order valence-corrected chi connectivity index (χ2v) is 6.07. The van der Waals surface area contributed by atoms with Gasteiger partial charge in [0.2, 0.25) is 0 Å². The highest BCUT2D eigenvalue weighted by Gasteiger charge is 2.09. The monoisotopic (exact) mass is 411 g/mol. The van der Waals surface area contributed by atoms with Gasteiger partial charge in [-0.3, -0.25) is 9.59 Å². The summed E-state index contributed by atoms with van der Waals surface area (Å²) in [4.78, 5) is 23.5. The van der Waals surface area contributed by atoms with Crippen molar-refractivity contribution in [2.45, 2.75) is 0 Å². The van der Waals surface area contributed by atoms with Crippen molar-refractivity contribution in [2.24, 2.45) is 0 Å². The zero-order valence-electron chi connectivity index (χ0n) is 12.6. The Hall–Kier alpha value is -2.05. The minimum Gasteiger partial charge on any atom is -0.490 e. The molecule has 0 aliphatic carbocycles. The zero-order valence-corrected chi connectivity index (χ0v) is 15.0. The fourth-order valence-corrected chi connectivity index (χ4v) is 2.39. The molecule has 1 amide bonds. The predicted molar refractivity (Wildman–Crippen MR) is 94.4 cm³/mol. The lowest BCUT2D eigenvalue weighted by molar-refractivity contribution is -0.143. The molecule has 126 valence electrons. The van der Waals surface area contributed by atoms with Crippen LogP contribution in [0.1, 0.15) is 10.4 Å². The SMILES string of the molecule is O=C(CNC(=O)c1cccc(Br)c1)OCCOc1cccc(Cl)c1. The smallest absolute Gasteiger partial charge is 0.325 e. The summed E-state index contributed by atoms with van der Waals surface area (Å²) >= 11 is 9.11. The van der Waals surface area contributed by atoms with Crippen LogP contribution in [-0.4, -0.2) is 31.6 Å². The van der Waals surface area contributed by atoms with Gasteiger partial charge in [-0.05, 0) is 36.4 Å². The molecule has 24 heavy (non-hydrogen) atoms. The summed E-state index contributed by atoms with van der Waals surface area (Å²) in [5.74, 6) is -0.280. The number of nitrogens with one attached hydrogen (secondary N) is 1. The third-order valence-electron chi connectivity index (χ3n) is 2.89. The number of hydrogen-bond donors (Lipinski definition) is 1. The number of carbonyl (C=O) groups excluding carboxylic acids is 2. The molecule has 5 nitrogen and oxygen atoms in total. The van der Waals surface area contributed by atoms with Crippen molar-refractivity contribution >= 4 is 39.4 Å². The molecule has 1 N–H and O–H groups in total. The Bertz CT molecular complexity index is 723. The zero-order chi connectivity index (χ0) is 17.4. The van der Waals surface area contributed by atoms with Gasteiger partial charge >= 0.3 is 5.97 Å². The van der Waals surface area contributed by atoms with E-state index in [0.717, 1.165) is 4.47 Å². The number of esters is 1. The fraction of sp³-hybridized carbons (Fsp3) is 0.176. The van der Waals surface area contributed by atoms with Crippen LogP contribution in [0, 0.1) is 0 Å². The summed E-state index contributed by atoms with van der Waals surface area (Å²) in [6.45, 7) is 0.0757. The molecule has 0 aliphatic heterocycles. The van der Waals surface area contributed by atoms with Crippen LogP contribution >= 0.6 is 27.5 Å². The van der Waals surface area contributed by atoms with Crippen LogP contribution in [-0.2, 0) is 9.53 Å². The van der Waals surface area contributed by atoms with Crippen molar-refractivity contribution < 1.29 is 19.1 Å². The minimum atomic E-state index is -0.534. The highest BCUT2D eigenvalue weighted by Crippen LogP contribution is 2.16. The van der Waals surface area contributed by atoms with Crippen LogP contribution in [0.15, 0.2) is 53.0 Å². The summed E-state index contributed by atoms with van der Waals surface area (Å²) in [6.07, 6.45) is 0. The first-order chi connectivity index (χ1) is 11.5. The van der Waals surface area contributed by atoms with Gasteiger partial charge in [-0.15, -0.1) is 0 Å². The Kier molecular flexibility index (Phi) is 7.08. The third kappa shape index (κ3) is 6.22. The number of rotatable bonds is 7. The standard InChI is InChI=1S/C17H15BrClNO4/c18-13-4-1-3-12(9-13)17(22)20-11-16(21)24-8-7-23-15-6-2-5-14(19)10-15/h1-6,9-10H,7-8,11H2,(H,20,22). The van der Waals surface area contributed by atoms with E-state index in [1.54, 1.807) is 42.5 Å². The molecule has 2 rings (SSSR count). The molecule has 0 atom stereocenters. The van der Waals surface area contributed by atoms with Gasteiger partial charge in [-0.25, -0.2) is 0 Å². The van der Waals surface area contributed by atoms with Gasteiger partial charge in [0.15, 0.2) is 0 Å². The number of carbonyl (C=O) groups is 2. The van der Waals surface area contributed by atoms with Crippen LogP contribution in [0.25, 0.3) is 0 Å². The van der Waals surface area contributed by atoms with E-state index in [1.165, 1.54) is 0 Å². The normalized spacial score (nSPS) is 10.1. The molecular weight excluding hydrogens is 398 g/mol. The van der Waals surface area contributed by atoms with Crippen molar-refractivity contribution in [3.63, 3.8) is 0 Å². The molecule has 0 aliphatic rings. The maximum Gasteiger partial charge on any atom is 0.325 e. The van der Waals surface area contributed by atoms with E-state index >= 15 is 0 Å².